The molecular weight excluding hydrogens is 188 g/mol. The van der Waals surface area contributed by atoms with Crippen molar-refractivity contribution in [2.45, 2.75) is 24.4 Å². The molecule has 0 spiro atoms. The Morgan fingerprint density at radius 1 is 1.50 bits per heavy atom. The highest BCUT2D eigenvalue weighted by Crippen LogP contribution is 2.47. The predicted octanol–water partition coefficient (Wildman–Crippen LogP) is -1.07. The molecule has 0 aromatic rings. The zero-order chi connectivity index (χ0) is 9.87. The molecule has 0 unspecified atom stereocenters. The normalized spacial score (nSPS) is 54.9. The van der Waals surface area contributed by atoms with Crippen molar-refractivity contribution in [1.82, 2.24) is 0 Å². The van der Waals surface area contributed by atoms with Crippen molar-refractivity contribution in [2.75, 3.05) is 13.7 Å². The quantitative estimate of drug-likeness (QED) is 0.546. The van der Waals surface area contributed by atoms with Crippen LogP contribution >= 0.6 is 0 Å². The molecule has 14 heavy (non-hydrogen) atoms. The van der Waals surface area contributed by atoms with Gasteiger partial charge in [0.15, 0.2) is 0 Å². The molecule has 6 atom stereocenters. The molecule has 0 amide bonds. The van der Waals surface area contributed by atoms with Crippen LogP contribution in [0.2, 0.25) is 0 Å². The number of aliphatic hydroxyl groups is 1. The van der Waals surface area contributed by atoms with E-state index in [-0.39, 0.29) is 30.0 Å². The summed E-state index contributed by atoms with van der Waals surface area (Å²) in [4.78, 5) is 11.3. The van der Waals surface area contributed by atoms with E-state index in [9.17, 15) is 9.90 Å². The minimum absolute atomic E-state index is 0.0702. The number of rotatable bonds is 1. The molecule has 78 valence electrons. The molecule has 3 aliphatic heterocycles. The molecule has 5 heteroatoms. The van der Waals surface area contributed by atoms with Crippen molar-refractivity contribution in [2.24, 2.45) is 11.8 Å². The Morgan fingerprint density at radius 2 is 2.29 bits per heavy atom. The second-order valence-corrected chi connectivity index (χ2v) is 4.08. The first-order chi connectivity index (χ1) is 6.74. The van der Waals surface area contributed by atoms with Crippen molar-refractivity contribution >= 4 is 5.97 Å². The van der Waals surface area contributed by atoms with Gasteiger partial charge in [0.05, 0.1) is 18.6 Å². The Morgan fingerprint density at radius 3 is 3.00 bits per heavy atom. The number of fused-ring (bicyclic) bond motifs is 5. The average molecular weight is 200 g/mol. The molecular formula is C9H12O5. The molecule has 5 nitrogen and oxygen atoms in total. The first-order valence-electron chi connectivity index (χ1n) is 4.77. The van der Waals surface area contributed by atoms with Crippen LogP contribution in [0.15, 0.2) is 0 Å². The van der Waals surface area contributed by atoms with Crippen LogP contribution in [0.5, 0.6) is 0 Å². The van der Waals surface area contributed by atoms with E-state index >= 15 is 0 Å². The van der Waals surface area contributed by atoms with Gasteiger partial charge in [-0.15, -0.1) is 0 Å². The number of carbonyl (C=O) groups excluding carboxylic acids is 1. The largest absolute Gasteiger partial charge is 0.465 e. The second kappa shape index (κ2) is 2.68. The highest BCUT2D eigenvalue weighted by Gasteiger charge is 2.65. The van der Waals surface area contributed by atoms with E-state index in [4.69, 9.17) is 14.2 Å². The molecule has 3 saturated heterocycles. The fraction of sp³-hybridized carbons (Fsp3) is 0.889. The van der Waals surface area contributed by atoms with Gasteiger partial charge in [-0.05, 0) is 0 Å². The molecule has 1 N–H and O–H groups in total. The maximum Gasteiger partial charge on any atom is 0.312 e. The molecule has 0 aromatic carbocycles. The van der Waals surface area contributed by atoms with E-state index in [1.54, 1.807) is 7.11 Å². The number of methoxy groups -OCH3 is 1. The molecule has 3 aliphatic rings. The van der Waals surface area contributed by atoms with Crippen LogP contribution in [-0.4, -0.2) is 49.2 Å². The standard InChI is InChI=1S/C9H12O5/c1-12-8-5(10)7-4-3(6(8)14-7)2-13-9(4)11/h3-8,10H,2H2,1H3/t3-,4-,5+,6-,7-,8+/m0/s1. The third-order valence-electron chi connectivity index (χ3n) is 3.51. The van der Waals surface area contributed by atoms with Gasteiger partial charge in [0.1, 0.15) is 18.3 Å². The summed E-state index contributed by atoms with van der Waals surface area (Å²) in [5.74, 6) is -0.446. The van der Waals surface area contributed by atoms with Gasteiger partial charge in [0.25, 0.3) is 0 Å². The monoisotopic (exact) mass is 200 g/mol. The highest BCUT2D eigenvalue weighted by atomic mass is 16.6. The Labute approximate surface area is 80.9 Å². The first-order valence-corrected chi connectivity index (χ1v) is 4.77. The van der Waals surface area contributed by atoms with E-state index in [1.807, 2.05) is 0 Å². The fourth-order valence-corrected chi connectivity index (χ4v) is 2.87. The third kappa shape index (κ3) is 0.827. The molecule has 0 radical (unpaired) electrons. The summed E-state index contributed by atoms with van der Waals surface area (Å²) >= 11 is 0. The Kier molecular flexibility index (Phi) is 1.66. The molecule has 2 bridgehead atoms. The second-order valence-electron chi connectivity index (χ2n) is 4.08. The number of esters is 1. The number of hydrogen-bond donors (Lipinski definition) is 1. The van der Waals surface area contributed by atoms with Crippen molar-refractivity contribution in [1.29, 1.82) is 0 Å². The van der Waals surface area contributed by atoms with Gasteiger partial charge in [-0.2, -0.15) is 0 Å². The van der Waals surface area contributed by atoms with Gasteiger partial charge in [0, 0.05) is 13.0 Å². The maximum absolute atomic E-state index is 11.3. The predicted molar refractivity (Wildman–Crippen MR) is 43.4 cm³/mol. The lowest BCUT2D eigenvalue weighted by Gasteiger charge is -2.28. The average Bonchev–Trinajstić information content (AvgIpc) is 2.77. The van der Waals surface area contributed by atoms with Crippen LogP contribution in [0.3, 0.4) is 0 Å². The summed E-state index contributed by atoms with van der Waals surface area (Å²) in [7, 11) is 1.55. The Hall–Kier alpha value is -0.650. The minimum atomic E-state index is -0.697. The summed E-state index contributed by atoms with van der Waals surface area (Å²) in [6.07, 6.45) is -1.62. The van der Waals surface area contributed by atoms with E-state index in [0.29, 0.717) is 6.61 Å². The zero-order valence-electron chi connectivity index (χ0n) is 7.75. The van der Waals surface area contributed by atoms with E-state index < -0.39 is 12.2 Å². The summed E-state index contributed by atoms with van der Waals surface area (Å²) in [5, 5.41) is 9.79. The van der Waals surface area contributed by atoms with E-state index in [1.165, 1.54) is 0 Å². The highest BCUT2D eigenvalue weighted by molar-refractivity contribution is 5.76. The molecule has 3 heterocycles. The Balaban J connectivity index is 1.92. The summed E-state index contributed by atoms with van der Waals surface area (Å²) in [6.45, 7) is 0.400. The van der Waals surface area contributed by atoms with Crippen molar-refractivity contribution in [3.05, 3.63) is 0 Å². The lowest BCUT2D eigenvalue weighted by atomic mass is 9.78. The van der Waals surface area contributed by atoms with Crippen LogP contribution in [0, 0.1) is 11.8 Å². The molecule has 0 aromatic heterocycles. The van der Waals surface area contributed by atoms with Gasteiger partial charge in [-0.1, -0.05) is 0 Å². The number of aliphatic hydroxyl groups excluding tert-OH is 1. The van der Waals surface area contributed by atoms with Gasteiger partial charge in [-0.25, -0.2) is 0 Å². The summed E-state index contributed by atoms with van der Waals surface area (Å²) in [6, 6.07) is 0. The number of carbonyl (C=O) groups is 1. The molecule has 3 fully saturated rings. The van der Waals surface area contributed by atoms with Gasteiger partial charge < -0.3 is 19.3 Å². The topological polar surface area (TPSA) is 65.0 Å². The van der Waals surface area contributed by atoms with Crippen LogP contribution in [0.25, 0.3) is 0 Å². The van der Waals surface area contributed by atoms with E-state index in [2.05, 4.69) is 0 Å². The lowest BCUT2D eigenvalue weighted by molar-refractivity contribution is -0.145. The van der Waals surface area contributed by atoms with Crippen molar-refractivity contribution in [3.63, 3.8) is 0 Å². The van der Waals surface area contributed by atoms with E-state index in [0.717, 1.165) is 0 Å². The van der Waals surface area contributed by atoms with Crippen LogP contribution in [0.4, 0.5) is 0 Å². The number of ether oxygens (including phenoxy) is 3. The molecule has 0 aliphatic carbocycles. The molecule has 3 rings (SSSR count). The third-order valence-corrected chi connectivity index (χ3v) is 3.51. The smallest absolute Gasteiger partial charge is 0.312 e. The lowest BCUT2D eigenvalue weighted by Crippen LogP contribution is -2.47. The van der Waals surface area contributed by atoms with Crippen molar-refractivity contribution in [3.8, 4) is 0 Å². The van der Waals surface area contributed by atoms with Crippen molar-refractivity contribution < 1.29 is 24.1 Å². The summed E-state index contributed by atoms with van der Waals surface area (Å²) in [5.41, 5.74) is 0. The maximum atomic E-state index is 11.3. The minimum Gasteiger partial charge on any atom is -0.465 e. The van der Waals surface area contributed by atoms with Gasteiger partial charge >= 0.3 is 5.97 Å². The van der Waals surface area contributed by atoms with Crippen LogP contribution < -0.4 is 0 Å². The van der Waals surface area contributed by atoms with Crippen LogP contribution in [0.1, 0.15) is 0 Å². The van der Waals surface area contributed by atoms with Gasteiger partial charge in [-0.3, -0.25) is 4.79 Å². The number of cyclic esters (lactones) is 1. The zero-order valence-corrected chi connectivity index (χ0v) is 7.75. The fourth-order valence-electron chi connectivity index (χ4n) is 2.87. The summed E-state index contributed by atoms with van der Waals surface area (Å²) < 4.78 is 15.7. The Bertz CT molecular complexity index is 278. The van der Waals surface area contributed by atoms with Crippen LogP contribution in [-0.2, 0) is 19.0 Å². The molecule has 0 saturated carbocycles. The van der Waals surface area contributed by atoms with Gasteiger partial charge in [0.2, 0.25) is 0 Å². The number of hydrogen-bond acceptors (Lipinski definition) is 5. The SMILES string of the molecule is CO[C@@H]1[C@H](O)[C@H]2O[C@H]1[C@H]1COC(=O)[C@@H]12. The first kappa shape index (κ1) is 8.64.